The molecule has 0 unspecified atom stereocenters. The summed E-state index contributed by atoms with van der Waals surface area (Å²) in [5, 5.41) is 0.587. The van der Waals surface area contributed by atoms with Crippen molar-refractivity contribution in [2.75, 3.05) is 0 Å². The lowest BCUT2D eigenvalue weighted by Gasteiger charge is -2.07. The first-order chi connectivity index (χ1) is 10.2. The van der Waals surface area contributed by atoms with Crippen LogP contribution in [0.2, 0.25) is 0 Å². The zero-order valence-corrected chi connectivity index (χ0v) is 11.4. The second kappa shape index (κ2) is 4.28. The molecule has 0 atom stereocenters. The third-order valence-corrected chi connectivity index (χ3v) is 3.53. The van der Waals surface area contributed by atoms with Gasteiger partial charge in [0.25, 0.3) is 5.56 Å². The number of nitrogens with one attached hydrogen (secondary N) is 1. The van der Waals surface area contributed by atoms with E-state index in [9.17, 15) is 4.79 Å². The van der Waals surface area contributed by atoms with Crippen LogP contribution in [0.1, 0.15) is 5.82 Å². The smallest absolute Gasteiger partial charge is 0.268 e. The third-order valence-electron chi connectivity index (χ3n) is 3.53. The highest BCUT2D eigenvalue weighted by molar-refractivity contribution is 5.79. The van der Waals surface area contributed by atoms with Crippen molar-refractivity contribution >= 4 is 21.9 Å². The Morgan fingerprint density at radius 2 is 1.67 bits per heavy atom. The molecular formula is C16H12N4O. The van der Waals surface area contributed by atoms with Crippen LogP contribution in [0.4, 0.5) is 0 Å². The van der Waals surface area contributed by atoms with Gasteiger partial charge in [0.05, 0.1) is 21.9 Å². The van der Waals surface area contributed by atoms with Gasteiger partial charge in [-0.25, -0.2) is 14.5 Å². The Morgan fingerprint density at radius 3 is 2.48 bits per heavy atom. The number of aromatic amines is 1. The molecule has 4 rings (SSSR count). The molecule has 0 aliphatic rings. The number of para-hydroxylation sites is 3. The number of benzene rings is 2. The van der Waals surface area contributed by atoms with Crippen LogP contribution in [0.3, 0.4) is 0 Å². The van der Waals surface area contributed by atoms with Crippen LogP contribution in [0.15, 0.2) is 53.3 Å². The summed E-state index contributed by atoms with van der Waals surface area (Å²) < 4.78 is 1.52. The molecular weight excluding hydrogens is 264 g/mol. The van der Waals surface area contributed by atoms with Crippen molar-refractivity contribution in [1.29, 1.82) is 0 Å². The summed E-state index contributed by atoms with van der Waals surface area (Å²) in [6.45, 7) is 1.81. The largest absolute Gasteiger partial charge is 0.323 e. The van der Waals surface area contributed by atoms with E-state index in [0.29, 0.717) is 22.7 Å². The summed E-state index contributed by atoms with van der Waals surface area (Å²) in [4.78, 5) is 24.8. The first-order valence-electron chi connectivity index (χ1n) is 6.67. The Morgan fingerprint density at radius 1 is 0.952 bits per heavy atom. The Hall–Kier alpha value is -2.95. The molecule has 0 aliphatic carbocycles. The summed E-state index contributed by atoms with van der Waals surface area (Å²) in [5.41, 5.74) is 2.31. The highest BCUT2D eigenvalue weighted by Gasteiger charge is 2.12. The molecule has 0 bridgehead atoms. The van der Waals surface area contributed by atoms with Crippen molar-refractivity contribution in [3.8, 4) is 5.95 Å². The second-order valence-corrected chi connectivity index (χ2v) is 4.89. The summed E-state index contributed by atoms with van der Waals surface area (Å²) in [5.74, 6) is 1.11. The average molecular weight is 276 g/mol. The van der Waals surface area contributed by atoms with Crippen LogP contribution < -0.4 is 5.56 Å². The van der Waals surface area contributed by atoms with E-state index in [1.807, 2.05) is 42.5 Å². The van der Waals surface area contributed by atoms with Gasteiger partial charge in [-0.15, -0.1) is 0 Å². The molecule has 0 saturated heterocycles. The molecule has 2 heterocycles. The minimum Gasteiger partial charge on any atom is -0.323 e. The number of H-pyrrole nitrogens is 1. The van der Waals surface area contributed by atoms with Gasteiger partial charge in [-0.1, -0.05) is 24.3 Å². The summed E-state index contributed by atoms with van der Waals surface area (Å²) in [7, 11) is 0. The van der Waals surface area contributed by atoms with Gasteiger partial charge in [0.2, 0.25) is 5.95 Å². The van der Waals surface area contributed by atoms with Crippen LogP contribution in [0, 0.1) is 6.92 Å². The van der Waals surface area contributed by atoms with E-state index in [1.54, 1.807) is 13.0 Å². The zero-order valence-electron chi connectivity index (χ0n) is 11.4. The van der Waals surface area contributed by atoms with Gasteiger partial charge in [0.15, 0.2) is 0 Å². The van der Waals surface area contributed by atoms with Crippen molar-refractivity contribution < 1.29 is 0 Å². The van der Waals surface area contributed by atoms with Gasteiger partial charge in [0.1, 0.15) is 5.82 Å². The van der Waals surface area contributed by atoms with Crippen LogP contribution in [0.5, 0.6) is 0 Å². The SMILES string of the molecule is Cc1nc2ccccc2c(=O)n1-c1nc2ccccc2[nH]1. The Balaban J connectivity index is 2.08. The average Bonchev–Trinajstić information content (AvgIpc) is 2.90. The van der Waals surface area contributed by atoms with Crippen LogP contribution in [-0.4, -0.2) is 19.5 Å². The molecule has 0 spiro atoms. The highest BCUT2D eigenvalue weighted by atomic mass is 16.1. The molecule has 0 saturated carbocycles. The molecule has 1 N–H and O–H groups in total. The topological polar surface area (TPSA) is 63.6 Å². The lowest BCUT2D eigenvalue weighted by molar-refractivity contribution is 0.847. The van der Waals surface area contributed by atoms with Crippen LogP contribution >= 0.6 is 0 Å². The molecule has 0 aliphatic heterocycles. The number of aromatic nitrogens is 4. The van der Waals surface area contributed by atoms with Gasteiger partial charge in [-0.05, 0) is 31.2 Å². The predicted octanol–water partition coefficient (Wildman–Crippen LogP) is 2.57. The molecule has 0 fully saturated rings. The fraction of sp³-hybridized carbons (Fsp3) is 0.0625. The molecule has 0 radical (unpaired) electrons. The van der Waals surface area contributed by atoms with Crippen molar-refractivity contribution in [1.82, 2.24) is 19.5 Å². The van der Waals surface area contributed by atoms with E-state index >= 15 is 0 Å². The quantitative estimate of drug-likeness (QED) is 0.581. The van der Waals surface area contributed by atoms with Crippen molar-refractivity contribution in [3.05, 3.63) is 64.7 Å². The van der Waals surface area contributed by atoms with Crippen LogP contribution in [-0.2, 0) is 0 Å². The molecule has 4 aromatic rings. The standard InChI is InChI=1S/C16H12N4O/c1-10-17-12-7-3-2-6-11(12)15(21)20(10)16-18-13-8-4-5-9-14(13)19-16/h2-9H,1H3,(H,18,19). The molecule has 2 aromatic heterocycles. The zero-order chi connectivity index (χ0) is 14.4. The van der Waals surface area contributed by atoms with Gasteiger partial charge in [-0.2, -0.15) is 0 Å². The number of imidazole rings is 1. The Labute approximate surface area is 119 Å². The van der Waals surface area contributed by atoms with Gasteiger partial charge in [-0.3, -0.25) is 4.79 Å². The first-order valence-corrected chi connectivity index (χ1v) is 6.67. The van der Waals surface area contributed by atoms with Crippen molar-refractivity contribution in [3.63, 3.8) is 0 Å². The van der Waals surface area contributed by atoms with E-state index in [-0.39, 0.29) is 5.56 Å². The van der Waals surface area contributed by atoms with Gasteiger partial charge >= 0.3 is 0 Å². The predicted molar refractivity (Wildman–Crippen MR) is 81.7 cm³/mol. The lowest BCUT2D eigenvalue weighted by atomic mass is 10.2. The fourth-order valence-electron chi connectivity index (χ4n) is 2.54. The normalized spacial score (nSPS) is 11.3. The maximum absolute atomic E-state index is 12.7. The third kappa shape index (κ3) is 1.74. The summed E-state index contributed by atoms with van der Waals surface area (Å²) >= 11 is 0. The van der Waals surface area contributed by atoms with E-state index in [1.165, 1.54) is 4.57 Å². The number of hydrogen-bond donors (Lipinski definition) is 1. The Bertz CT molecular complexity index is 996. The molecule has 5 nitrogen and oxygen atoms in total. The maximum Gasteiger partial charge on any atom is 0.268 e. The van der Waals surface area contributed by atoms with E-state index in [0.717, 1.165) is 11.0 Å². The monoisotopic (exact) mass is 276 g/mol. The molecule has 21 heavy (non-hydrogen) atoms. The minimum atomic E-state index is -0.114. The number of fused-ring (bicyclic) bond motifs is 2. The van der Waals surface area contributed by atoms with E-state index in [4.69, 9.17) is 0 Å². The lowest BCUT2D eigenvalue weighted by Crippen LogP contribution is -2.23. The van der Waals surface area contributed by atoms with Crippen molar-refractivity contribution in [2.45, 2.75) is 6.92 Å². The number of aryl methyl sites for hydroxylation is 1. The number of rotatable bonds is 1. The highest BCUT2D eigenvalue weighted by Crippen LogP contribution is 2.14. The molecule has 0 amide bonds. The first kappa shape index (κ1) is 11.8. The van der Waals surface area contributed by atoms with Gasteiger partial charge in [0, 0.05) is 0 Å². The van der Waals surface area contributed by atoms with Crippen LogP contribution in [0.25, 0.3) is 27.9 Å². The van der Waals surface area contributed by atoms with Crippen molar-refractivity contribution in [2.24, 2.45) is 0 Å². The Kier molecular flexibility index (Phi) is 2.41. The van der Waals surface area contributed by atoms with E-state index in [2.05, 4.69) is 15.0 Å². The fourth-order valence-corrected chi connectivity index (χ4v) is 2.54. The van der Waals surface area contributed by atoms with Gasteiger partial charge < -0.3 is 4.98 Å². The number of nitrogens with zero attached hydrogens (tertiary/aromatic N) is 3. The van der Waals surface area contributed by atoms with E-state index < -0.39 is 0 Å². The number of hydrogen-bond acceptors (Lipinski definition) is 3. The molecule has 102 valence electrons. The minimum absolute atomic E-state index is 0.114. The maximum atomic E-state index is 12.7. The molecule has 2 aromatic carbocycles. The second-order valence-electron chi connectivity index (χ2n) is 4.89. The molecule has 5 heteroatoms. The summed E-state index contributed by atoms with van der Waals surface area (Å²) in [6, 6.07) is 15.0. The summed E-state index contributed by atoms with van der Waals surface area (Å²) in [6.07, 6.45) is 0.